The van der Waals surface area contributed by atoms with Gasteiger partial charge in [-0.15, -0.1) is 10.2 Å². The van der Waals surface area contributed by atoms with Crippen molar-refractivity contribution < 1.29 is 4.79 Å². The van der Waals surface area contributed by atoms with Gasteiger partial charge < -0.3 is 5.73 Å². The van der Waals surface area contributed by atoms with Crippen molar-refractivity contribution in [3.8, 4) is 0 Å². The molecule has 3 N–H and O–H groups in total. The molecule has 2 rings (SSSR count). The maximum absolute atomic E-state index is 12.1. The molecule has 0 radical (unpaired) electrons. The molecule has 0 aliphatic carbocycles. The lowest BCUT2D eigenvalue weighted by molar-refractivity contribution is 0.102. The van der Waals surface area contributed by atoms with Gasteiger partial charge in [0.2, 0.25) is 5.13 Å². The third-order valence-electron chi connectivity index (χ3n) is 2.52. The topological polar surface area (TPSA) is 80.9 Å². The molecule has 0 atom stereocenters. The Kier molecular flexibility index (Phi) is 3.57. The second-order valence-corrected chi connectivity index (χ2v) is 4.91. The van der Waals surface area contributed by atoms with Crippen LogP contribution in [0.4, 0.5) is 10.8 Å². The summed E-state index contributed by atoms with van der Waals surface area (Å²) in [6, 6.07) is 5.38. The number of benzene rings is 1. The zero-order chi connectivity index (χ0) is 13.1. The normalized spacial score (nSPS) is 10.3. The number of hydrogen-bond acceptors (Lipinski definition) is 5. The van der Waals surface area contributed by atoms with Gasteiger partial charge in [0.15, 0.2) is 0 Å². The van der Waals surface area contributed by atoms with E-state index in [4.69, 9.17) is 5.73 Å². The number of aromatic nitrogens is 2. The number of carbonyl (C=O) groups excluding carboxylic acids is 1. The number of nitrogens with one attached hydrogen (secondary N) is 1. The monoisotopic (exact) mass is 262 g/mol. The van der Waals surface area contributed by atoms with Crippen LogP contribution in [-0.2, 0) is 6.42 Å². The lowest BCUT2D eigenvalue weighted by Crippen LogP contribution is -2.15. The number of anilines is 2. The predicted octanol–water partition coefficient (Wildman–Crippen LogP) is 2.24. The Morgan fingerprint density at radius 3 is 2.83 bits per heavy atom. The maximum Gasteiger partial charge on any atom is 0.259 e. The van der Waals surface area contributed by atoms with Crippen LogP contribution in [0.25, 0.3) is 0 Å². The van der Waals surface area contributed by atoms with Crippen LogP contribution < -0.4 is 11.1 Å². The van der Waals surface area contributed by atoms with Crippen LogP contribution >= 0.6 is 11.3 Å². The molecule has 94 valence electrons. The highest BCUT2D eigenvalue weighted by Gasteiger charge is 2.14. The molecule has 5 nitrogen and oxygen atoms in total. The molecule has 0 fully saturated rings. The van der Waals surface area contributed by atoms with Gasteiger partial charge in [-0.3, -0.25) is 10.1 Å². The zero-order valence-corrected chi connectivity index (χ0v) is 11.0. The minimum Gasteiger partial charge on any atom is -0.398 e. The van der Waals surface area contributed by atoms with E-state index in [0.29, 0.717) is 16.4 Å². The third kappa shape index (κ3) is 2.48. The molecule has 1 aromatic heterocycles. The van der Waals surface area contributed by atoms with Crippen molar-refractivity contribution in [2.75, 3.05) is 11.1 Å². The number of nitrogens with two attached hydrogens (primary N) is 1. The van der Waals surface area contributed by atoms with E-state index in [1.54, 1.807) is 6.07 Å². The van der Waals surface area contributed by atoms with Crippen molar-refractivity contribution in [1.82, 2.24) is 10.2 Å². The second-order valence-electron chi connectivity index (χ2n) is 3.85. The van der Waals surface area contributed by atoms with E-state index in [2.05, 4.69) is 15.5 Å². The summed E-state index contributed by atoms with van der Waals surface area (Å²) in [6.45, 7) is 3.84. The largest absolute Gasteiger partial charge is 0.398 e. The van der Waals surface area contributed by atoms with Crippen LogP contribution in [-0.4, -0.2) is 16.1 Å². The fraction of sp³-hybridized carbons (Fsp3) is 0.250. The first-order chi connectivity index (χ1) is 8.61. The van der Waals surface area contributed by atoms with Crippen molar-refractivity contribution in [3.63, 3.8) is 0 Å². The predicted molar refractivity (Wildman–Crippen MR) is 72.8 cm³/mol. The lowest BCUT2D eigenvalue weighted by Gasteiger charge is -2.07. The SMILES string of the molecule is CCc1nnc(NC(=O)c2c(C)cccc2N)s1. The van der Waals surface area contributed by atoms with Crippen LogP contribution in [0.15, 0.2) is 18.2 Å². The molecule has 0 saturated carbocycles. The number of hydrogen-bond donors (Lipinski definition) is 2. The van der Waals surface area contributed by atoms with Gasteiger partial charge in [0.1, 0.15) is 5.01 Å². The third-order valence-corrected chi connectivity index (χ3v) is 3.50. The molecule has 0 spiro atoms. The standard InChI is InChI=1S/C12H14N4OS/c1-3-9-15-16-12(18-9)14-11(17)10-7(2)5-4-6-8(10)13/h4-6H,3,13H2,1-2H3,(H,14,16,17). The summed E-state index contributed by atoms with van der Waals surface area (Å²) in [6.07, 6.45) is 0.806. The van der Waals surface area contributed by atoms with Crippen LogP contribution in [0.3, 0.4) is 0 Å². The van der Waals surface area contributed by atoms with Crippen molar-refractivity contribution in [2.24, 2.45) is 0 Å². The Hall–Kier alpha value is -1.95. The number of nitrogen functional groups attached to an aromatic ring is 1. The molecule has 1 heterocycles. The summed E-state index contributed by atoms with van der Waals surface area (Å²) in [4.78, 5) is 12.1. The number of rotatable bonds is 3. The van der Waals surface area contributed by atoms with Crippen LogP contribution in [0.5, 0.6) is 0 Å². The van der Waals surface area contributed by atoms with Gasteiger partial charge in [-0.25, -0.2) is 0 Å². The highest BCUT2D eigenvalue weighted by atomic mass is 32.1. The molecule has 1 aromatic carbocycles. The molecule has 0 aliphatic heterocycles. The van der Waals surface area contributed by atoms with Crippen molar-refractivity contribution >= 4 is 28.1 Å². The van der Waals surface area contributed by atoms with E-state index in [-0.39, 0.29) is 5.91 Å². The highest BCUT2D eigenvalue weighted by molar-refractivity contribution is 7.15. The summed E-state index contributed by atoms with van der Waals surface area (Å²) < 4.78 is 0. The summed E-state index contributed by atoms with van der Waals surface area (Å²) >= 11 is 1.37. The van der Waals surface area contributed by atoms with E-state index in [9.17, 15) is 4.79 Å². The quantitative estimate of drug-likeness (QED) is 0.831. The Balaban J connectivity index is 2.22. The Morgan fingerprint density at radius 2 is 2.22 bits per heavy atom. The van der Waals surface area contributed by atoms with E-state index in [0.717, 1.165) is 17.0 Å². The molecule has 6 heteroatoms. The zero-order valence-electron chi connectivity index (χ0n) is 10.2. The Morgan fingerprint density at radius 1 is 1.44 bits per heavy atom. The van der Waals surface area contributed by atoms with Gasteiger partial charge in [-0.2, -0.15) is 0 Å². The molecule has 0 aliphatic rings. The van der Waals surface area contributed by atoms with Gasteiger partial charge >= 0.3 is 0 Å². The minimum atomic E-state index is -0.246. The van der Waals surface area contributed by atoms with Gasteiger partial charge in [-0.1, -0.05) is 30.4 Å². The first-order valence-corrected chi connectivity index (χ1v) is 6.42. The van der Waals surface area contributed by atoms with E-state index >= 15 is 0 Å². The fourth-order valence-corrected chi connectivity index (χ4v) is 2.28. The highest BCUT2D eigenvalue weighted by Crippen LogP contribution is 2.20. The molecular formula is C12H14N4OS. The average Bonchev–Trinajstić information content (AvgIpc) is 2.76. The summed E-state index contributed by atoms with van der Waals surface area (Å²) in [7, 11) is 0. The van der Waals surface area contributed by atoms with Crippen molar-refractivity contribution in [2.45, 2.75) is 20.3 Å². The van der Waals surface area contributed by atoms with E-state index in [1.165, 1.54) is 11.3 Å². The number of carbonyl (C=O) groups is 1. The minimum absolute atomic E-state index is 0.246. The van der Waals surface area contributed by atoms with Gasteiger partial charge in [0.05, 0.1) is 5.56 Å². The van der Waals surface area contributed by atoms with E-state index in [1.807, 2.05) is 26.0 Å². The molecule has 18 heavy (non-hydrogen) atoms. The number of nitrogens with zero attached hydrogens (tertiary/aromatic N) is 2. The smallest absolute Gasteiger partial charge is 0.259 e. The molecule has 0 unspecified atom stereocenters. The number of amides is 1. The first kappa shape index (κ1) is 12.5. The number of aryl methyl sites for hydroxylation is 2. The molecular weight excluding hydrogens is 248 g/mol. The van der Waals surface area contributed by atoms with Crippen LogP contribution in [0.1, 0.15) is 27.9 Å². The molecule has 2 aromatic rings. The summed E-state index contributed by atoms with van der Waals surface area (Å²) in [5.74, 6) is -0.246. The second kappa shape index (κ2) is 5.14. The van der Waals surface area contributed by atoms with E-state index < -0.39 is 0 Å². The summed E-state index contributed by atoms with van der Waals surface area (Å²) in [5.41, 5.74) is 7.61. The maximum atomic E-state index is 12.1. The van der Waals surface area contributed by atoms with Crippen molar-refractivity contribution in [3.05, 3.63) is 34.3 Å². The lowest BCUT2D eigenvalue weighted by atomic mass is 10.1. The van der Waals surface area contributed by atoms with Crippen LogP contribution in [0, 0.1) is 6.92 Å². The van der Waals surface area contributed by atoms with Crippen LogP contribution in [0.2, 0.25) is 0 Å². The molecule has 0 saturated heterocycles. The fourth-order valence-electron chi connectivity index (χ4n) is 1.61. The van der Waals surface area contributed by atoms with Gasteiger partial charge in [0.25, 0.3) is 5.91 Å². The summed E-state index contributed by atoms with van der Waals surface area (Å²) in [5, 5.41) is 12.0. The Bertz CT molecular complexity index is 559. The Labute approximate surface area is 109 Å². The molecule has 1 amide bonds. The first-order valence-electron chi connectivity index (χ1n) is 5.60. The average molecular weight is 262 g/mol. The molecule has 0 bridgehead atoms. The van der Waals surface area contributed by atoms with Gasteiger partial charge in [0, 0.05) is 5.69 Å². The van der Waals surface area contributed by atoms with Gasteiger partial charge in [-0.05, 0) is 25.0 Å². The van der Waals surface area contributed by atoms with Crippen molar-refractivity contribution in [1.29, 1.82) is 0 Å².